The fraction of sp³-hybridized carbons (Fsp3) is 0.966. The van der Waals surface area contributed by atoms with Crippen LogP contribution in [0.5, 0.6) is 0 Å². The van der Waals surface area contributed by atoms with Gasteiger partial charge in [0, 0.05) is 5.92 Å². The smallest absolute Gasteiger partial charge is 0.309 e. The van der Waals surface area contributed by atoms with Crippen LogP contribution in [0.4, 0.5) is 0 Å². The van der Waals surface area contributed by atoms with Crippen LogP contribution in [0.1, 0.15) is 87.0 Å². The average molecular weight is 495 g/mol. The summed E-state index contributed by atoms with van der Waals surface area (Å²) >= 11 is 0. The van der Waals surface area contributed by atoms with E-state index in [1.54, 1.807) is 0 Å². The molecule has 4 aliphatic rings. The monoisotopic (exact) mass is 494 g/mol. The number of carbonyl (C=O) groups is 1. The normalized spacial score (nSPS) is 49.2. The lowest BCUT2D eigenvalue weighted by atomic mass is 9.42. The maximum Gasteiger partial charge on any atom is 0.309 e. The molecule has 0 amide bonds. The Morgan fingerprint density at radius 3 is 2.17 bits per heavy atom. The van der Waals surface area contributed by atoms with Crippen LogP contribution in [0.3, 0.4) is 0 Å². The second-order valence-electron chi connectivity index (χ2n) is 13.9. The third-order valence-corrected chi connectivity index (χ3v) is 12.4. The van der Waals surface area contributed by atoms with Crippen LogP contribution in [0.15, 0.2) is 0 Å². The maximum atomic E-state index is 13.1. The van der Waals surface area contributed by atoms with E-state index in [2.05, 4.69) is 41.5 Å². The van der Waals surface area contributed by atoms with Crippen LogP contribution in [-0.4, -0.2) is 57.4 Å². The van der Waals surface area contributed by atoms with Crippen molar-refractivity contribution in [2.45, 2.75) is 111 Å². The number of ether oxygens (including phenoxy) is 1. The molecule has 13 atom stereocenters. The lowest BCUT2D eigenvalue weighted by molar-refractivity contribution is -0.178. The summed E-state index contributed by atoms with van der Waals surface area (Å²) in [5.41, 5.74) is -0.615. The molecule has 3 saturated carbocycles. The number of aliphatic hydroxyl groups excluding tert-OH is 4. The second kappa shape index (κ2) is 9.25. The Labute approximate surface area is 211 Å². The Balaban J connectivity index is 1.63. The molecule has 6 nitrogen and oxygen atoms in total. The second-order valence-corrected chi connectivity index (χ2v) is 13.9. The summed E-state index contributed by atoms with van der Waals surface area (Å²) in [5, 5.41) is 43.2. The van der Waals surface area contributed by atoms with Crippen molar-refractivity contribution >= 4 is 5.97 Å². The van der Waals surface area contributed by atoms with E-state index in [0.29, 0.717) is 30.8 Å². The van der Waals surface area contributed by atoms with Gasteiger partial charge < -0.3 is 25.2 Å². The number of fused-ring (bicyclic) bond motifs is 5. The first-order valence-electron chi connectivity index (χ1n) is 14.1. The fourth-order valence-electron chi connectivity index (χ4n) is 9.24. The minimum Gasteiger partial charge on any atom is -0.465 e. The number of cyclic esters (lactones) is 1. The van der Waals surface area contributed by atoms with Gasteiger partial charge in [-0.2, -0.15) is 0 Å². The Morgan fingerprint density at radius 2 is 1.54 bits per heavy atom. The van der Waals surface area contributed by atoms with E-state index in [1.807, 2.05) is 6.92 Å². The van der Waals surface area contributed by atoms with E-state index in [4.69, 9.17) is 4.74 Å². The summed E-state index contributed by atoms with van der Waals surface area (Å²) in [7, 11) is 0. The van der Waals surface area contributed by atoms with Crippen molar-refractivity contribution in [3.63, 3.8) is 0 Å². The molecule has 4 N–H and O–H groups in total. The number of esters is 1. The number of hydrogen-bond donors (Lipinski definition) is 4. The Hall–Kier alpha value is -0.690. The van der Waals surface area contributed by atoms with Crippen molar-refractivity contribution in [1.82, 2.24) is 0 Å². The summed E-state index contributed by atoms with van der Waals surface area (Å²) < 4.78 is 5.93. The molecule has 0 aromatic rings. The molecule has 0 aromatic heterocycles. The number of aliphatic hydroxyl groups is 4. The zero-order valence-corrected chi connectivity index (χ0v) is 22.9. The van der Waals surface area contributed by atoms with Crippen molar-refractivity contribution in [1.29, 1.82) is 0 Å². The minimum absolute atomic E-state index is 0.000757. The van der Waals surface area contributed by atoms with E-state index in [0.717, 1.165) is 25.7 Å². The van der Waals surface area contributed by atoms with Gasteiger partial charge in [-0.05, 0) is 84.4 Å². The largest absolute Gasteiger partial charge is 0.465 e. The summed E-state index contributed by atoms with van der Waals surface area (Å²) in [5.74, 6) is 0.512. The van der Waals surface area contributed by atoms with E-state index in [9.17, 15) is 25.2 Å². The highest BCUT2D eigenvalue weighted by Gasteiger charge is 2.67. The van der Waals surface area contributed by atoms with Gasteiger partial charge in [-0.3, -0.25) is 4.79 Å². The first-order chi connectivity index (χ1) is 16.2. The maximum absolute atomic E-state index is 13.1. The van der Waals surface area contributed by atoms with E-state index in [1.165, 1.54) is 0 Å². The van der Waals surface area contributed by atoms with Gasteiger partial charge in [0.15, 0.2) is 0 Å². The van der Waals surface area contributed by atoms with Crippen molar-refractivity contribution in [2.75, 3.05) is 6.61 Å². The molecule has 6 heteroatoms. The predicted octanol–water partition coefficient (Wildman–Crippen LogP) is 3.78. The molecule has 1 heterocycles. The summed E-state index contributed by atoms with van der Waals surface area (Å²) in [6.07, 6.45) is 1.44. The lowest BCUT2D eigenvalue weighted by Gasteiger charge is -2.62. The summed E-state index contributed by atoms with van der Waals surface area (Å²) in [4.78, 5) is 13.1. The van der Waals surface area contributed by atoms with Crippen LogP contribution in [0.25, 0.3) is 0 Å². The van der Waals surface area contributed by atoms with Gasteiger partial charge >= 0.3 is 5.97 Å². The van der Waals surface area contributed by atoms with Crippen molar-refractivity contribution in [2.24, 2.45) is 57.7 Å². The lowest BCUT2D eigenvalue weighted by Crippen LogP contribution is -2.60. The molecule has 0 spiro atoms. The topological polar surface area (TPSA) is 107 Å². The van der Waals surface area contributed by atoms with Gasteiger partial charge in [0.05, 0.1) is 36.9 Å². The van der Waals surface area contributed by atoms with Gasteiger partial charge in [-0.25, -0.2) is 0 Å². The van der Waals surface area contributed by atoms with Crippen LogP contribution in [0.2, 0.25) is 0 Å². The first-order valence-corrected chi connectivity index (χ1v) is 14.1. The highest BCUT2D eigenvalue weighted by molar-refractivity contribution is 5.74. The van der Waals surface area contributed by atoms with Crippen molar-refractivity contribution in [3.8, 4) is 0 Å². The minimum atomic E-state index is -0.882. The van der Waals surface area contributed by atoms with Gasteiger partial charge in [0.2, 0.25) is 0 Å². The van der Waals surface area contributed by atoms with E-state index in [-0.39, 0.29) is 41.0 Å². The highest BCUT2D eigenvalue weighted by atomic mass is 16.5. The summed E-state index contributed by atoms with van der Waals surface area (Å²) in [6.45, 7) is 15.5. The molecule has 0 bridgehead atoms. The fourth-order valence-corrected chi connectivity index (χ4v) is 9.24. The molecule has 4 rings (SSSR count). The number of carbonyl (C=O) groups excluding carboxylic acids is 1. The van der Waals surface area contributed by atoms with Crippen LogP contribution < -0.4 is 0 Å². The molecule has 4 fully saturated rings. The molecule has 1 saturated heterocycles. The van der Waals surface area contributed by atoms with E-state index < -0.39 is 35.7 Å². The molecule has 0 aromatic carbocycles. The molecule has 0 unspecified atom stereocenters. The standard InChI is InChI=1S/C29H50O6/c1-15(2)16(3)24(32)25(33)17(4)18-8-9-19-21-14-35-26(34)20-12-22(30)23(31)13-29(20,7)28(21,6)11-10-27(18,19)5/h15-25,30-33H,8-14H2,1-7H3/t16-,17+,18+,19+,20-,21-,22+,23-,24-,25+,27-,28+,29+/m1/s1. The highest BCUT2D eigenvalue weighted by Crippen LogP contribution is 2.70. The van der Waals surface area contributed by atoms with Crippen LogP contribution in [-0.2, 0) is 9.53 Å². The zero-order chi connectivity index (χ0) is 26.1. The summed E-state index contributed by atoms with van der Waals surface area (Å²) in [6, 6.07) is 0. The van der Waals surface area contributed by atoms with Gasteiger partial charge in [0.1, 0.15) is 0 Å². The number of rotatable bonds is 5. The van der Waals surface area contributed by atoms with Gasteiger partial charge in [0.25, 0.3) is 0 Å². The zero-order valence-electron chi connectivity index (χ0n) is 22.9. The van der Waals surface area contributed by atoms with Crippen molar-refractivity contribution in [3.05, 3.63) is 0 Å². The Bertz CT molecular complexity index is 800. The molecule has 35 heavy (non-hydrogen) atoms. The van der Waals surface area contributed by atoms with E-state index >= 15 is 0 Å². The molecular formula is C29H50O6. The molecule has 3 aliphatic carbocycles. The van der Waals surface area contributed by atoms with Crippen molar-refractivity contribution < 1.29 is 30.0 Å². The number of hydrogen-bond acceptors (Lipinski definition) is 6. The quantitative estimate of drug-likeness (QED) is 0.433. The molecule has 202 valence electrons. The molecule has 1 aliphatic heterocycles. The predicted molar refractivity (Wildman–Crippen MR) is 134 cm³/mol. The van der Waals surface area contributed by atoms with Gasteiger partial charge in [-0.1, -0.05) is 48.5 Å². The third-order valence-electron chi connectivity index (χ3n) is 12.4. The van der Waals surface area contributed by atoms with Gasteiger partial charge in [-0.15, -0.1) is 0 Å². The SMILES string of the molecule is CC(C)[C@@H](C)[C@@H](O)[C@@H](O)[C@@H](C)[C@@H]1CC[C@H]2[C@H]3COC(=O)[C@H]4C[C@H](O)[C@H](O)C[C@]4(C)[C@@]3(C)CC[C@]12C. The molecular weight excluding hydrogens is 444 g/mol. The van der Waals surface area contributed by atoms with Crippen LogP contribution in [0, 0.1) is 57.7 Å². The molecule has 0 radical (unpaired) electrons. The first kappa shape index (κ1) is 27.3. The Kier molecular flexibility index (Phi) is 7.23. The Morgan fingerprint density at radius 1 is 0.886 bits per heavy atom. The van der Waals surface area contributed by atoms with Crippen LogP contribution >= 0.6 is 0 Å². The third kappa shape index (κ3) is 4.00. The average Bonchev–Trinajstić information content (AvgIpc) is 3.12.